The van der Waals surface area contributed by atoms with Crippen molar-refractivity contribution in [3.05, 3.63) is 47.9 Å². The Balaban J connectivity index is 2.33. The normalized spacial score (nSPS) is 10.3. The molecule has 0 unspecified atom stereocenters. The lowest BCUT2D eigenvalue weighted by Gasteiger charge is -2.00. The third kappa shape index (κ3) is 2.30. The van der Waals surface area contributed by atoms with E-state index in [1.807, 2.05) is 6.07 Å². The second-order valence-corrected chi connectivity index (χ2v) is 3.32. The van der Waals surface area contributed by atoms with Gasteiger partial charge in [-0.2, -0.15) is 10.2 Å². The van der Waals surface area contributed by atoms with Crippen LogP contribution in [0.15, 0.2) is 36.4 Å². The first-order chi connectivity index (χ1) is 7.29. The predicted molar refractivity (Wildman–Crippen MR) is 57.0 cm³/mol. The topological polar surface area (TPSA) is 25.8 Å². The number of alkyl halides is 1. The van der Waals surface area contributed by atoms with Gasteiger partial charge in [-0.3, -0.25) is 0 Å². The molecule has 2 nitrogen and oxygen atoms in total. The molecule has 1 aromatic heterocycles. The lowest BCUT2D eigenvalue weighted by Crippen LogP contribution is -1.91. The van der Waals surface area contributed by atoms with E-state index in [0.717, 1.165) is 11.3 Å². The molecule has 2 rings (SSSR count). The van der Waals surface area contributed by atoms with E-state index in [9.17, 15) is 4.39 Å². The van der Waals surface area contributed by atoms with Crippen LogP contribution in [0.2, 0.25) is 0 Å². The Hall–Kier alpha value is -1.48. The largest absolute Gasteiger partial charge is 0.207 e. The monoisotopic (exact) mass is 222 g/mol. The maximum atomic E-state index is 12.7. The average molecular weight is 223 g/mol. The highest BCUT2D eigenvalue weighted by Crippen LogP contribution is 2.16. The lowest BCUT2D eigenvalue weighted by molar-refractivity contribution is 0.628. The molecule has 0 atom stereocenters. The van der Waals surface area contributed by atoms with Crippen molar-refractivity contribution in [3.63, 3.8) is 0 Å². The van der Waals surface area contributed by atoms with Crippen LogP contribution in [0.4, 0.5) is 4.39 Å². The molecule has 2 aromatic rings. The Morgan fingerprint density at radius 3 is 2.27 bits per heavy atom. The summed E-state index contributed by atoms with van der Waals surface area (Å²) in [6, 6.07) is 9.75. The summed E-state index contributed by atoms with van der Waals surface area (Å²) in [5.74, 6) is 0.0838. The van der Waals surface area contributed by atoms with Gasteiger partial charge in [-0.05, 0) is 36.4 Å². The van der Waals surface area contributed by atoms with Crippen LogP contribution in [0.5, 0.6) is 0 Å². The van der Waals surface area contributed by atoms with Gasteiger partial charge in [0, 0.05) is 5.56 Å². The van der Waals surface area contributed by atoms with Crippen molar-refractivity contribution in [2.24, 2.45) is 0 Å². The minimum atomic E-state index is -0.260. The number of benzene rings is 1. The van der Waals surface area contributed by atoms with E-state index in [1.54, 1.807) is 18.2 Å². The zero-order valence-corrected chi connectivity index (χ0v) is 8.58. The van der Waals surface area contributed by atoms with Gasteiger partial charge < -0.3 is 0 Å². The molecule has 0 fully saturated rings. The Bertz CT molecular complexity index is 439. The number of aromatic nitrogens is 2. The molecule has 0 bridgehead atoms. The number of hydrogen-bond donors (Lipinski definition) is 0. The molecule has 0 aliphatic heterocycles. The summed E-state index contributed by atoms with van der Waals surface area (Å²) >= 11 is 5.59. The van der Waals surface area contributed by atoms with E-state index >= 15 is 0 Å². The Kier molecular flexibility index (Phi) is 2.92. The fourth-order valence-electron chi connectivity index (χ4n) is 1.21. The molecule has 1 heterocycles. The van der Waals surface area contributed by atoms with Crippen LogP contribution in [0.25, 0.3) is 11.3 Å². The molecule has 4 heteroatoms. The molecule has 0 amide bonds. The van der Waals surface area contributed by atoms with Gasteiger partial charge in [-0.25, -0.2) is 4.39 Å². The van der Waals surface area contributed by atoms with Gasteiger partial charge >= 0.3 is 0 Å². The molecule has 0 spiro atoms. The first-order valence-electron chi connectivity index (χ1n) is 4.44. The van der Waals surface area contributed by atoms with E-state index in [0.29, 0.717) is 11.6 Å². The van der Waals surface area contributed by atoms with Crippen LogP contribution in [-0.4, -0.2) is 10.2 Å². The quantitative estimate of drug-likeness (QED) is 0.730. The van der Waals surface area contributed by atoms with Crippen LogP contribution in [0.3, 0.4) is 0 Å². The first-order valence-corrected chi connectivity index (χ1v) is 4.97. The Morgan fingerprint density at radius 1 is 1.00 bits per heavy atom. The van der Waals surface area contributed by atoms with Crippen LogP contribution < -0.4 is 0 Å². The lowest BCUT2D eigenvalue weighted by atomic mass is 10.1. The summed E-state index contributed by atoms with van der Waals surface area (Å²) in [7, 11) is 0. The van der Waals surface area contributed by atoms with Gasteiger partial charge in [-0.1, -0.05) is 0 Å². The minimum Gasteiger partial charge on any atom is -0.207 e. The summed E-state index contributed by atoms with van der Waals surface area (Å²) in [6.07, 6.45) is 0. The maximum absolute atomic E-state index is 12.7. The highest BCUT2D eigenvalue weighted by molar-refractivity contribution is 6.16. The Morgan fingerprint density at radius 2 is 1.73 bits per heavy atom. The molecule has 15 heavy (non-hydrogen) atoms. The number of hydrogen-bond acceptors (Lipinski definition) is 2. The van der Waals surface area contributed by atoms with Crippen LogP contribution in [0.1, 0.15) is 5.69 Å². The van der Waals surface area contributed by atoms with Crippen molar-refractivity contribution in [2.75, 3.05) is 0 Å². The minimum absolute atomic E-state index is 0.260. The van der Waals surface area contributed by atoms with Crippen LogP contribution in [0, 0.1) is 5.82 Å². The van der Waals surface area contributed by atoms with Gasteiger partial charge in [0.05, 0.1) is 17.3 Å². The third-order valence-corrected chi connectivity index (χ3v) is 2.27. The van der Waals surface area contributed by atoms with Crippen LogP contribution in [-0.2, 0) is 5.88 Å². The molecule has 0 saturated heterocycles. The standard InChI is InChI=1S/C11H8ClFN2/c12-7-10-5-6-11(15-14-10)8-1-3-9(13)4-2-8/h1-6H,7H2. The Labute approximate surface area is 91.7 Å². The first kappa shape index (κ1) is 10.1. The van der Waals surface area contributed by atoms with Gasteiger partial charge in [0.15, 0.2) is 0 Å². The highest BCUT2D eigenvalue weighted by atomic mass is 35.5. The number of nitrogens with zero attached hydrogens (tertiary/aromatic N) is 2. The number of halogens is 2. The number of rotatable bonds is 2. The summed E-state index contributed by atoms with van der Waals surface area (Å²) in [5, 5.41) is 7.91. The van der Waals surface area contributed by atoms with Gasteiger partial charge in [0.25, 0.3) is 0 Å². The molecule has 0 radical (unpaired) electrons. The zero-order valence-electron chi connectivity index (χ0n) is 7.82. The van der Waals surface area contributed by atoms with Gasteiger partial charge in [0.1, 0.15) is 5.82 Å². The highest BCUT2D eigenvalue weighted by Gasteiger charge is 2.00. The third-order valence-electron chi connectivity index (χ3n) is 2.00. The van der Waals surface area contributed by atoms with Crippen molar-refractivity contribution in [1.29, 1.82) is 0 Å². The van der Waals surface area contributed by atoms with Crippen molar-refractivity contribution in [3.8, 4) is 11.3 Å². The van der Waals surface area contributed by atoms with Crippen molar-refractivity contribution in [1.82, 2.24) is 10.2 Å². The van der Waals surface area contributed by atoms with E-state index in [2.05, 4.69) is 10.2 Å². The summed E-state index contributed by atoms with van der Waals surface area (Å²) in [5.41, 5.74) is 2.27. The van der Waals surface area contributed by atoms with Crippen LogP contribution >= 0.6 is 11.6 Å². The SMILES string of the molecule is Fc1ccc(-c2ccc(CCl)nn2)cc1. The predicted octanol–water partition coefficient (Wildman–Crippen LogP) is 3.02. The van der Waals surface area contributed by atoms with E-state index in [1.165, 1.54) is 12.1 Å². The van der Waals surface area contributed by atoms with Gasteiger partial charge in [0.2, 0.25) is 0 Å². The summed E-state index contributed by atoms with van der Waals surface area (Å²) < 4.78 is 12.7. The average Bonchev–Trinajstić information content (AvgIpc) is 2.30. The fourth-order valence-corrected chi connectivity index (χ4v) is 1.35. The second-order valence-electron chi connectivity index (χ2n) is 3.05. The molecule has 0 aliphatic carbocycles. The zero-order chi connectivity index (χ0) is 10.7. The second kappa shape index (κ2) is 4.36. The van der Waals surface area contributed by atoms with Gasteiger partial charge in [-0.15, -0.1) is 11.6 Å². The summed E-state index contributed by atoms with van der Waals surface area (Å²) in [6.45, 7) is 0. The molecule has 1 aromatic carbocycles. The van der Waals surface area contributed by atoms with Crippen molar-refractivity contribution < 1.29 is 4.39 Å². The maximum Gasteiger partial charge on any atom is 0.123 e. The molecular formula is C11H8ClFN2. The fraction of sp³-hybridized carbons (Fsp3) is 0.0909. The molecule has 76 valence electrons. The smallest absolute Gasteiger partial charge is 0.123 e. The molecular weight excluding hydrogens is 215 g/mol. The van der Waals surface area contributed by atoms with Crippen molar-refractivity contribution in [2.45, 2.75) is 5.88 Å². The molecule has 0 aliphatic rings. The van der Waals surface area contributed by atoms with Crippen molar-refractivity contribution >= 4 is 11.6 Å². The van der Waals surface area contributed by atoms with E-state index < -0.39 is 0 Å². The van der Waals surface area contributed by atoms with E-state index in [-0.39, 0.29) is 5.82 Å². The molecule has 0 N–H and O–H groups in total. The van der Waals surface area contributed by atoms with E-state index in [4.69, 9.17) is 11.6 Å². The summed E-state index contributed by atoms with van der Waals surface area (Å²) in [4.78, 5) is 0. The molecule has 0 saturated carbocycles.